The fraction of sp³-hybridized carbons (Fsp3) is 0.522. The van der Waals surface area contributed by atoms with Gasteiger partial charge in [-0.25, -0.2) is 9.59 Å². The standard InChI is InChI=1S/C23H31N3O5/c1-17(2)10-12-26(21(27)19-20(31-19)22(28)29)23(30)25-15-13-24(14-16-25)11-6-9-18-7-4-3-5-8-18/h3-9,17,19-20H,10-16H2,1-2H3,(H,28,29)/b9-6+. The van der Waals surface area contributed by atoms with Crippen LogP contribution in [0, 0.1) is 5.92 Å². The van der Waals surface area contributed by atoms with Gasteiger partial charge in [0.25, 0.3) is 5.91 Å². The van der Waals surface area contributed by atoms with E-state index in [4.69, 9.17) is 9.84 Å². The molecular formula is C23H31N3O5. The van der Waals surface area contributed by atoms with Crippen molar-refractivity contribution in [3.05, 3.63) is 42.0 Å². The first kappa shape index (κ1) is 23.0. The Morgan fingerprint density at radius 1 is 1.13 bits per heavy atom. The number of epoxide rings is 1. The number of carbonyl (C=O) groups excluding carboxylic acids is 2. The molecule has 0 saturated carbocycles. The number of ether oxygens (including phenoxy) is 1. The molecule has 0 bridgehead atoms. The molecule has 0 aromatic heterocycles. The van der Waals surface area contributed by atoms with Crippen molar-refractivity contribution in [1.29, 1.82) is 0 Å². The summed E-state index contributed by atoms with van der Waals surface area (Å²) in [4.78, 5) is 41.9. The van der Waals surface area contributed by atoms with Crippen molar-refractivity contribution in [3.8, 4) is 0 Å². The van der Waals surface area contributed by atoms with E-state index in [9.17, 15) is 14.4 Å². The Morgan fingerprint density at radius 3 is 2.39 bits per heavy atom. The summed E-state index contributed by atoms with van der Waals surface area (Å²) in [6.45, 7) is 7.58. The molecule has 1 aromatic carbocycles. The Labute approximate surface area is 183 Å². The van der Waals surface area contributed by atoms with Gasteiger partial charge < -0.3 is 14.7 Å². The predicted octanol–water partition coefficient (Wildman–Crippen LogP) is 2.16. The Bertz CT molecular complexity index is 803. The Hall–Kier alpha value is -2.71. The summed E-state index contributed by atoms with van der Waals surface area (Å²) < 4.78 is 4.99. The lowest BCUT2D eigenvalue weighted by Gasteiger charge is -2.36. The van der Waals surface area contributed by atoms with E-state index in [1.807, 2.05) is 44.2 Å². The number of hydrogen-bond donors (Lipinski definition) is 1. The van der Waals surface area contributed by atoms with Crippen molar-refractivity contribution in [2.75, 3.05) is 39.3 Å². The molecule has 2 atom stereocenters. The van der Waals surface area contributed by atoms with Crippen molar-refractivity contribution >= 4 is 24.0 Å². The fourth-order valence-electron chi connectivity index (χ4n) is 3.52. The molecule has 8 nitrogen and oxygen atoms in total. The number of carbonyl (C=O) groups is 3. The van der Waals surface area contributed by atoms with Crippen LogP contribution in [0.5, 0.6) is 0 Å². The summed E-state index contributed by atoms with van der Waals surface area (Å²) in [5.74, 6) is -1.41. The normalized spacial score (nSPS) is 21.5. The van der Waals surface area contributed by atoms with E-state index in [-0.39, 0.29) is 12.6 Å². The molecule has 1 N–H and O–H groups in total. The summed E-state index contributed by atoms with van der Waals surface area (Å²) in [5.41, 5.74) is 1.15. The second kappa shape index (κ2) is 10.5. The van der Waals surface area contributed by atoms with Crippen LogP contribution in [0.4, 0.5) is 4.79 Å². The first-order valence-corrected chi connectivity index (χ1v) is 10.8. The van der Waals surface area contributed by atoms with Crippen LogP contribution in [-0.2, 0) is 14.3 Å². The van der Waals surface area contributed by atoms with Crippen LogP contribution >= 0.6 is 0 Å². The number of amides is 3. The minimum atomic E-state index is -1.17. The number of benzene rings is 1. The summed E-state index contributed by atoms with van der Waals surface area (Å²) in [6.07, 6.45) is 2.65. The van der Waals surface area contributed by atoms with Crippen LogP contribution in [0.2, 0.25) is 0 Å². The van der Waals surface area contributed by atoms with Crippen LogP contribution in [0.15, 0.2) is 36.4 Å². The molecule has 2 aliphatic rings. The van der Waals surface area contributed by atoms with Gasteiger partial charge in [-0.15, -0.1) is 0 Å². The van der Waals surface area contributed by atoms with E-state index in [1.165, 1.54) is 4.90 Å². The first-order chi connectivity index (χ1) is 14.9. The minimum absolute atomic E-state index is 0.265. The molecule has 2 unspecified atom stereocenters. The number of rotatable bonds is 8. The number of urea groups is 1. The smallest absolute Gasteiger partial charge is 0.336 e. The van der Waals surface area contributed by atoms with Gasteiger partial charge in [0.05, 0.1) is 0 Å². The van der Waals surface area contributed by atoms with E-state index >= 15 is 0 Å². The molecule has 2 aliphatic heterocycles. The maximum atomic E-state index is 13.1. The molecule has 1 aromatic rings. The number of piperazine rings is 1. The molecule has 2 fully saturated rings. The predicted molar refractivity (Wildman–Crippen MR) is 116 cm³/mol. The molecule has 168 valence electrons. The number of nitrogens with zero attached hydrogens (tertiary/aromatic N) is 3. The lowest BCUT2D eigenvalue weighted by Crippen LogP contribution is -2.55. The van der Waals surface area contributed by atoms with Crippen molar-refractivity contribution in [2.45, 2.75) is 32.5 Å². The number of imide groups is 1. The van der Waals surface area contributed by atoms with Crippen molar-refractivity contribution in [3.63, 3.8) is 0 Å². The minimum Gasteiger partial charge on any atom is -0.479 e. The number of hydrogen-bond acceptors (Lipinski definition) is 5. The average molecular weight is 430 g/mol. The summed E-state index contributed by atoms with van der Waals surface area (Å²) in [5, 5.41) is 9.03. The second-order valence-electron chi connectivity index (χ2n) is 8.37. The van der Waals surface area contributed by atoms with E-state index < -0.39 is 24.1 Å². The Balaban J connectivity index is 1.52. The van der Waals surface area contributed by atoms with Gasteiger partial charge in [0.1, 0.15) is 0 Å². The van der Waals surface area contributed by atoms with Gasteiger partial charge in [-0.05, 0) is 17.9 Å². The average Bonchev–Trinajstić information content (AvgIpc) is 3.56. The lowest BCUT2D eigenvalue weighted by molar-refractivity contribution is -0.139. The number of carboxylic acid groups (broad SMARTS) is 1. The molecule has 0 aliphatic carbocycles. The molecule has 0 radical (unpaired) electrons. The third-order valence-corrected chi connectivity index (χ3v) is 5.52. The van der Waals surface area contributed by atoms with Crippen molar-refractivity contribution in [2.24, 2.45) is 5.92 Å². The van der Waals surface area contributed by atoms with E-state index in [1.54, 1.807) is 4.90 Å². The third kappa shape index (κ3) is 6.38. The summed E-state index contributed by atoms with van der Waals surface area (Å²) in [7, 11) is 0. The van der Waals surface area contributed by atoms with Gasteiger partial charge in [-0.3, -0.25) is 14.6 Å². The largest absolute Gasteiger partial charge is 0.479 e. The van der Waals surface area contributed by atoms with Gasteiger partial charge in [0.2, 0.25) is 0 Å². The van der Waals surface area contributed by atoms with Gasteiger partial charge in [-0.1, -0.05) is 56.3 Å². The van der Waals surface area contributed by atoms with E-state index in [2.05, 4.69) is 17.1 Å². The summed E-state index contributed by atoms with van der Waals surface area (Å²) in [6, 6.07) is 9.73. The maximum Gasteiger partial charge on any atom is 0.336 e. The quantitative estimate of drug-likeness (QED) is 0.637. The van der Waals surface area contributed by atoms with Crippen LogP contribution in [0.3, 0.4) is 0 Å². The SMILES string of the molecule is CC(C)CCN(C(=O)C1OC1C(=O)O)C(=O)N1CCN(C/C=C/c2ccccc2)CC1. The molecule has 3 rings (SSSR count). The Kier molecular flexibility index (Phi) is 7.81. The molecule has 2 heterocycles. The van der Waals surface area contributed by atoms with E-state index in [0.29, 0.717) is 25.4 Å². The zero-order chi connectivity index (χ0) is 22.4. The molecule has 8 heteroatoms. The molecule has 3 amide bonds. The van der Waals surface area contributed by atoms with Gasteiger partial charge in [0.15, 0.2) is 12.2 Å². The molecular weight excluding hydrogens is 398 g/mol. The van der Waals surface area contributed by atoms with Gasteiger partial charge in [-0.2, -0.15) is 0 Å². The zero-order valence-corrected chi connectivity index (χ0v) is 18.1. The van der Waals surface area contributed by atoms with Crippen molar-refractivity contribution < 1.29 is 24.2 Å². The van der Waals surface area contributed by atoms with Crippen LogP contribution in [0.1, 0.15) is 25.8 Å². The van der Waals surface area contributed by atoms with Crippen LogP contribution in [-0.4, -0.2) is 89.2 Å². The van der Waals surface area contributed by atoms with Crippen molar-refractivity contribution in [1.82, 2.24) is 14.7 Å². The molecule has 2 saturated heterocycles. The second-order valence-corrected chi connectivity index (χ2v) is 8.37. The highest BCUT2D eigenvalue weighted by Crippen LogP contribution is 2.25. The highest BCUT2D eigenvalue weighted by atomic mass is 16.6. The first-order valence-electron chi connectivity index (χ1n) is 10.8. The van der Waals surface area contributed by atoms with E-state index in [0.717, 1.165) is 25.2 Å². The monoisotopic (exact) mass is 429 g/mol. The number of carboxylic acids is 1. The highest BCUT2D eigenvalue weighted by Gasteiger charge is 2.53. The maximum absolute atomic E-state index is 13.1. The lowest BCUT2D eigenvalue weighted by atomic mass is 10.1. The topological polar surface area (TPSA) is 93.7 Å². The summed E-state index contributed by atoms with van der Waals surface area (Å²) >= 11 is 0. The Morgan fingerprint density at radius 2 is 1.81 bits per heavy atom. The third-order valence-electron chi connectivity index (χ3n) is 5.52. The van der Waals surface area contributed by atoms with Gasteiger partial charge in [0, 0.05) is 39.3 Å². The molecule has 31 heavy (non-hydrogen) atoms. The molecule has 0 spiro atoms. The zero-order valence-electron chi connectivity index (χ0n) is 18.1. The van der Waals surface area contributed by atoms with Crippen LogP contribution in [0.25, 0.3) is 6.08 Å². The highest BCUT2D eigenvalue weighted by molar-refractivity contribution is 6.01. The van der Waals surface area contributed by atoms with Gasteiger partial charge >= 0.3 is 12.0 Å². The number of aliphatic carboxylic acids is 1. The van der Waals surface area contributed by atoms with Crippen LogP contribution < -0.4 is 0 Å². The fourth-order valence-corrected chi connectivity index (χ4v) is 3.52.